The molecule has 0 heterocycles. The number of halogens is 14. The van der Waals surface area contributed by atoms with E-state index in [-0.39, 0.29) is 28.1 Å². The molecule has 8 aromatic carbocycles. The van der Waals surface area contributed by atoms with Gasteiger partial charge in [0.1, 0.15) is 11.6 Å². The predicted octanol–water partition coefficient (Wildman–Crippen LogP) is 20.1. The zero-order chi connectivity index (χ0) is 70.2. The average molecular weight is 1970 g/mol. The second-order valence-corrected chi connectivity index (χ2v) is 30.2. The molecule has 8 N–H and O–H groups in total. The van der Waals surface area contributed by atoms with E-state index < -0.39 is 58.5 Å². The minimum absolute atomic E-state index is 0.0415. The van der Waals surface area contributed by atoms with E-state index in [1.807, 2.05) is 36.4 Å². The maximum Gasteiger partial charge on any atom is 0.277 e. The number of carbonyl (C=O) groups excluding carboxylic acids is 4. The van der Waals surface area contributed by atoms with Crippen LogP contribution in [0.1, 0.15) is 92.8 Å². The highest BCUT2D eigenvalue weighted by Gasteiger charge is 2.28. The predicted molar refractivity (Wildman–Crippen MR) is 405 cm³/mol. The smallest absolute Gasteiger partial charge is 0.277 e. The Kier molecular flexibility index (Phi) is 29.1. The first-order chi connectivity index (χ1) is 47.0. The number of hydrogen-bond acceptors (Lipinski definition) is 12. The van der Waals surface area contributed by atoms with E-state index in [0.29, 0.717) is 98.6 Å². The van der Waals surface area contributed by atoms with Crippen LogP contribution in [0.2, 0.25) is 10.0 Å². The van der Waals surface area contributed by atoms with Gasteiger partial charge in [0.05, 0.1) is 104 Å². The summed E-state index contributed by atoms with van der Waals surface area (Å²) in [6.45, 7) is 1.83. The monoisotopic (exact) mass is 1960 g/mol. The number of carbonyl (C=O) groups is 4. The summed E-state index contributed by atoms with van der Waals surface area (Å²) in [7, 11) is 0. The lowest BCUT2D eigenvalue weighted by molar-refractivity contribution is 0.0268. The van der Waals surface area contributed by atoms with Crippen LogP contribution in [-0.4, -0.2) is 50.1 Å². The van der Waals surface area contributed by atoms with Crippen LogP contribution in [0.4, 0.5) is 71.8 Å². The van der Waals surface area contributed by atoms with Crippen LogP contribution >= 0.6 is 145 Å². The van der Waals surface area contributed by atoms with Crippen LogP contribution in [0.3, 0.4) is 0 Å². The summed E-state index contributed by atoms with van der Waals surface area (Å²) < 4.78 is 88.5. The molecule has 4 aliphatic rings. The van der Waals surface area contributed by atoms with Crippen molar-refractivity contribution >= 4 is 215 Å². The van der Waals surface area contributed by atoms with E-state index in [0.717, 1.165) is 87.9 Å². The Morgan fingerprint density at radius 1 is 0.367 bits per heavy atom. The van der Waals surface area contributed by atoms with Crippen LogP contribution in [0.25, 0.3) is 0 Å². The third kappa shape index (κ3) is 23.9. The van der Waals surface area contributed by atoms with Crippen molar-refractivity contribution < 1.29 is 64.9 Å². The first kappa shape index (κ1) is 76.9. The van der Waals surface area contributed by atoms with Gasteiger partial charge in [0, 0.05) is 23.2 Å². The molecule has 0 spiro atoms. The van der Waals surface area contributed by atoms with Crippen molar-refractivity contribution in [1.82, 2.24) is 21.9 Å². The molecule has 4 aliphatic carbocycles. The van der Waals surface area contributed by atoms with Gasteiger partial charge in [-0.2, -0.15) is 0 Å². The first-order valence-electron chi connectivity index (χ1n) is 30.1. The molecule has 4 amide bonds. The molecule has 0 aromatic heterocycles. The summed E-state index contributed by atoms with van der Waals surface area (Å²) in [5.41, 5.74) is 12.2. The molecule has 98 heavy (non-hydrogen) atoms. The second-order valence-electron chi connectivity index (χ2n) is 22.7. The number of anilines is 8. The van der Waals surface area contributed by atoms with Crippen molar-refractivity contribution in [2.75, 3.05) is 47.7 Å². The highest BCUT2D eigenvalue weighted by Crippen LogP contribution is 2.37. The van der Waals surface area contributed by atoms with Crippen molar-refractivity contribution in [3.05, 3.63) is 224 Å². The van der Waals surface area contributed by atoms with Gasteiger partial charge in [-0.3, -0.25) is 38.5 Å². The minimum Gasteiger partial charge on any atom is -0.354 e. The second kappa shape index (κ2) is 37.1. The van der Waals surface area contributed by atoms with E-state index in [2.05, 4.69) is 165 Å². The molecule has 0 radical (unpaired) electrons. The van der Waals surface area contributed by atoms with Crippen LogP contribution < -0.4 is 43.2 Å². The molecule has 0 saturated heterocycles. The SMILES string of the molecule is O=C(NOCC1CC1)c1ccc(F)c(F)c1Nc1ccc(I)cc1Br.O=C(NOCC1CC1)c1ccc(F)c(F)c1Nc1ccc(I)cc1Cl.O=C(NOCC1CC1)c1ccc(F)cc1Nc1ccc(I)cc1Br.O=C(NOCC1CC1)c1ccc(F)cc1Nc1ccc(I)cc1Cl. The van der Waals surface area contributed by atoms with Crippen LogP contribution in [-0.2, 0) is 19.4 Å². The maximum absolute atomic E-state index is 14.3. The number of benzene rings is 8. The highest BCUT2D eigenvalue weighted by atomic mass is 127. The van der Waals surface area contributed by atoms with E-state index in [1.165, 1.54) is 48.5 Å². The summed E-state index contributed by atoms with van der Waals surface area (Å²) in [5, 5.41) is 12.4. The van der Waals surface area contributed by atoms with E-state index in [4.69, 9.17) is 42.6 Å². The molecular formula is C68H58Br2Cl2F6I4N8O8. The van der Waals surface area contributed by atoms with E-state index >= 15 is 0 Å². The molecule has 8 aromatic rings. The lowest BCUT2D eigenvalue weighted by Crippen LogP contribution is -2.26. The molecule has 16 nitrogen and oxygen atoms in total. The number of rotatable bonds is 24. The van der Waals surface area contributed by atoms with Crippen molar-refractivity contribution in [3.63, 3.8) is 0 Å². The largest absolute Gasteiger partial charge is 0.354 e. The molecule has 4 fully saturated rings. The van der Waals surface area contributed by atoms with Gasteiger partial charge >= 0.3 is 0 Å². The normalized spacial score (nSPS) is 13.6. The highest BCUT2D eigenvalue weighted by molar-refractivity contribution is 14.1. The van der Waals surface area contributed by atoms with Gasteiger partial charge in [0.25, 0.3) is 23.6 Å². The molecule has 30 heteroatoms. The molecular weight excluding hydrogens is 1910 g/mol. The third-order valence-electron chi connectivity index (χ3n) is 14.6. The van der Waals surface area contributed by atoms with Gasteiger partial charge in [0.15, 0.2) is 23.3 Å². The first-order valence-corrected chi connectivity index (χ1v) is 36.7. The van der Waals surface area contributed by atoms with Gasteiger partial charge < -0.3 is 21.3 Å². The Balaban J connectivity index is 0.000000153. The number of amides is 4. The molecule has 4 saturated carbocycles. The molecule has 516 valence electrons. The Labute approximate surface area is 641 Å². The Bertz CT molecular complexity index is 3960. The molecule has 0 atom stereocenters. The molecule has 0 bridgehead atoms. The minimum atomic E-state index is -1.16. The molecule has 0 unspecified atom stereocenters. The van der Waals surface area contributed by atoms with E-state index in [1.54, 1.807) is 36.4 Å². The fraction of sp³-hybridized carbons (Fsp3) is 0.235. The van der Waals surface area contributed by atoms with Gasteiger partial charge in [-0.25, -0.2) is 48.3 Å². The average Bonchev–Trinajstić information content (AvgIpc) is 1.55. The van der Waals surface area contributed by atoms with Crippen LogP contribution in [0.5, 0.6) is 0 Å². The number of hydroxylamine groups is 4. The van der Waals surface area contributed by atoms with Crippen molar-refractivity contribution in [2.24, 2.45) is 23.7 Å². The van der Waals surface area contributed by atoms with Gasteiger partial charge in [-0.15, -0.1) is 0 Å². The number of nitrogens with one attached hydrogen (secondary N) is 8. The standard InChI is InChI=1S/C17H14BrF2IN2O2.C17H15BrFIN2O2.C17H14ClF2IN2O2.C17H15ClFIN2O2/c18-12-7-10(21)3-6-14(12)22-16-11(4-5-13(19)15(16)20)17(24)23-25-8-9-1-2-9;18-14-8-12(20)4-6-15(14)21-16-7-11(19)3-5-13(16)17(23)22-24-9-10-1-2-10;18-12-7-10(21)3-6-14(12)22-16-11(4-5-13(19)15(16)20)17(24)23-25-8-9-1-2-9;18-14-8-12(20)4-6-15(14)21-16-7-11(19)3-5-13(16)17(23)22-24-9-10-1-2-10/h3-7,9,22H,1-2,8H2,(H,23,24);3-8,10,21H,1-2,9H2,(H,22,23);3-7,9,22H,1-2,8H2,(H,23,24);3-8,10,21H,1-2,9H2,(H,22,23). The fourth-order valence-corrected chi connectivity index (χ4v) is 13.1. The van der Waals surface area contributed by atoms with Gasteiger partial charge in [0.2, 0.25) is 0 Å². The van der Waals surface area contributed by atoms with E-state index in [9.17, 15) is 45.5 Å². The summed E-state index contributed by atoms with van der Waals surface area (Å²) >= 11 is 27.7. The quantitative estimate of drug-likeness (QED) is 0.0162. The molecule has 12 rings (SSSR count). The van der Waals surface area contributed by atoms with Crippen LogP contribution in [0.15, 0.2) is 142 Å². The lowest BCUT2D eigenvalue weighted by Gasteiger charge is -2.15. The summed E-state index contributed by atoms with van der Waals surface area (Å²) in [6, 6.07) is 33.6. The lowest BCUT2D eigenvalue weighted by atomic mass is 10.1. The summed E-state index contributed by atoms with van der Waals surface area (Å²) in [5.74, 6) is -5.42. The van der Waals surface area contributed by atoms with Crippen molar-refractivity contribution in [2.45, 2.75) is 51.4 Å². The topological polar surface area (TPSA) is 201 Å². The van der Waals surface area contributed by atoms with Crippen molar-refractivity contribution in [3.8, 4) is 0 Å². The zero-order valence-electron chi connectivity index (χ0n) is 51.1. The van der Waals surface area contributed by atoms with Crippen molar-refractivity contribution in [1.29, 1.82) is 0 Å². The fourth-order valence-electron chi connectivity index (χ4n) is 8.54. The molecule has 0 aliphatic heterocycles. The van der Waals surface area contributed by atoms with Gasteiger partial charge in [-0.05, 0) is 331 Å². The zero-order valence-corrected chi connectivity index (χ0v) is 64.4. The summed E-state index contributed by atoms with van der Waals surface area (Å²) in [4.78, 5) is 69.8. The Hall–Kier alpha value is -5.28. The van der Waals surface area contributed by atoms with Gasteiger partial charge in [-0.1, -0.05) is 23.2 Å². The number of hydrogen-bond donors (Lipinski definition) is 8. The Morgan fingerprint density at radius 2 is 0.653 bits per heavy atom. The van der Waals surface area contributed by atoms with Crippen LogP contribution in [0, 0.1) is 72.9 Å². The Morgan fingerprint density at radius 3 is 0.990 bits per heavy atom. The summed E-state index contributed by atoms with van der Waals surface area (Å²) in [6.07, 6.45) is 8.83. The third-order valence-corrected chi connectivity index (χ3v) is 19.3. The maximum atomic E-state index is 14.3.